The Morgan fingerprint density at radius 3 is 1.18 bits per heavy atom. The fourth-order valence-corrected chi connectivity index (χ4v) is 11.0. The van der Waals surface area contributed by atoms with Crippen molar-refractivity contribution in [3.63, 3.8) is 0 Å². The fourth-order valence-electron chi connectivity index (χ4n) is 7.08. The van der Waals surface area contributed by atoms with Gasteiger partial charge >= 0.3 is 0 Å². The molecule has 2 atom stereocenters. The van der Waals surface area contributed by atoms with E-state index in [0.717, 1.165) is 27.6 Å². The summed E-state index contributed by atoms with van der Waals surface area (Å²) in [6, 6.07) is 35.1. The highest BCUT2D eigenvalue weighted by molar-refractivity contribution is 7.67. The molecule has 0 aliphatic carbocycles. The standard InChI is InChI=1S/C41H43O7P/c1-43-29-22-33(45-3)39(34(23-29)46-4)31-18-13-19-32(40-35(47-5)24-30(44-2)25-36(40)48-6)41(31)49-37(26-14-9-7-10-15-26)20-28(42)21-38(49)27-16-11-8-12-17-27/h7-19,22-25,28,37-38,42H,20-21H2,1-6H3. The van der Waals surface area contributed by atoms with Gasteiger partial charge in [0.25, 0.3) is 0 Å². The van der Waals surface area contributed by atoms with Crippen LogP contribution in [0.3, 0.4) is 0 Å². The van der Waals surface area contributed by atoms with Gasteiger partial charge < -0.3 is 33.5 Å². The molecular weight excluding hydrogens is 635 g/mol. The molecule has 7 nitrogen and oxygen atoms in total. The van der Waals surface area contributed by atoms with Crippen LogP contribution in [0.25, 0.3) is 22.3 Å². The van der Waals surface area contributed by atoms with Crippen LogP contribution < -0.4 is 33.7 Å². The van der Waals surface area contributed by atoms with E-state index in [4.69, 9.17) is 28.4 Å². The van der Waals surface area contributed by atoms with Gasteiger partial charge in [-0.15, -0.1) is 0 Å². The molecular formula is C41H43O7P. The molecule has 49 heavy (non-hydrogen) atoms. The Kier molecular flexibility index (Phi) is 10.6. The van der Waals surface area contributed by atoms with E-state index in [9.17, 15) is 5.11 Å². The summed E-state index contributed by atoms with van der Waals surface area (Å²) in [5.74, 6) is 3.77. The zero-order valence-electron chi connectivity index (χ0n) is 28.8. The summed E-state index contributed by atoms with van der Waals surface area (Å²) in [4.78, 5) is 0. The van der Waals surface area contributed by atoms with E-state index in [1.807, 2.05) is 36.4 Å². The summed E-state index contributed by atoms with van der Waals surface area (Å²) in [6.45, 7) is 0. The first-order chi connectivity index (χ1) is 24.0. The van der Waals surface area contributed by atoms with Crippen molar-refractivity contribution in [2.75, 3.05) is 42.7 Å². The van der Waals surface area contributed by atoms with Gasteiger partial charge in [-0.25, -0.2) is 0 Å². The zero-order valence-corrected chi connectivity index (χ0v) is 29.7. The summed E-state index contributed by atoms with van der Waals surface area (Å²) in [6.07, 6.45) is 0.779. The summed E-state index contributed by atoms with van der Waals surface area (Å²) >= 11 is 0. The normalized spacial score (nSPS) is 18.8. The average molecular weight is 679 g/mol. The van der Waals surface area contributed by atoms with Gasteiger partial charge in [-0.2, -0.15) is 0 Å². The highest BCUT2D eigenvalue weighted by Gasteiger charge is 2.42. The number of aliphatic hydroxyl groups is 1. The van der Waals surface area contributed by atoms with Crippen molar-refractivity contribution in [3.05, 3.63) is 114 Å². The molecule has 0 radical (unpaired) electrons. The van der Waals surface area contributed by atoms with Crippen LogP contribution in [0.15, 0.2) is 103 Å². The molecule has 0 spiro atoms. The van der Waals surface area contributed by atoms with E-state index in [0.29, 0.717) is 47.3 Å². The third-order valence-corrected chi connectivity index (χ3v) is 12.7. The van der Waals surface area contributed by atoms with Gasteiger partial charge in [-0.05, 0) is 40.4 Å². The van der Waals surface area contributed by atoms with Crippen molar-refractivity contribution in [1.82, 2.24) is 0 Å². The van der Waals surface area contributed by atoms with Crippen LogP contribution in [0.4, 0.5) is 0 Å². The summed E-state index contributed by atoms with van der Waals surface area (Å²) in [5, 5.41) is 12.7. The van der Waals surface area contributed by atoms with Crippen molar-refractivity contribution in [2.45, 2.75) is 30.3 Å². The predicted molar refractivity (Wildman–Crippen MR) is 197 cm³/mol. The molecule has 0 amide bonds. The van der Waals surface area contributed by atoms with Gasteiger partial charge in [-0.1, -0.05) is 86.8 Å². The third-order valence-electron chi connectivity index (χ3n) is 9.29. The minimum absolute atomic E-state index is 0.0236. The molecule has 0 bridgehead atoms. The molecule has 1 fully saturated rings. The van der Waals surface area contributed by atoms with Gasteiger partial charge in [0, 0.05) is 35.6 Å². The number of aliphatic hydroxyl groups excluding tert-OH is 1. The Hall–Kier alpha value is -4.71. The van der Waals surface area contributed by atoms with E-state index in [1.165, 1.54) is 11.1 Å². The Morgan fingerprint density at radius 2 is 0.857 bits per heavy atom. The number of methoxy groups -OCH3 is 6. The second kappa shape index (κ2) is 15.2. The van der Waals surface area contributed by atoms with Crippen LogP contribution in [0.5, 0.6) is 34.5 Å². The van der Waals surface area contributed by atoms with Crippen molar-refractivity contribution in [2.24, 2.45) is 0 Å². The van der Waals surface area contributed by atoms with Gasteiger partial charge in [0.15, 0.2) is 0 Å². The Bertz CT molecular complexity index is 1700. The van der Waals surface area contributed by atoms with Gasteiger partial charge in [0.05, 0.1) is 59.9 Å². The molecule has 1 saturated heterocycles. The molecule has 1 N–H and O–H groups in total. The molecule has 5 aromatic rings. The molecule has 1 heterocycles. The second-order valence-corrected chi connectivity index (χ2v) is 14.4. The molecule has 8 heteroatoms. The Labute approximate surface area is 290 Å². The van der Waals surface area contributed by atoms with Crippen LogP contribution >= 0.6 is 7.92 Å². The van der Waals surface area contributed by atoms with Crippen LogP contribution in [0, 0.1) is 0 Å². The van der Waals surface area contributed by atoms with Crippen LogP contribution in [-0.4, -0.2) is 53.9 Å². The Balaban J connectivity index is 1.78. The number of hydrogen-bond donors (Lipinski definition) is 1. The minimum Gasteiger partial charge on any atom is -0.496 e. The predicted octanol–water partition coefficient (Wildman–Crippen LogP) is 8.82. The molecule has 1 aliphatic rings. The van der Waals surface area contributed by atoms with Crippen molar-refractivity contribution < 1.29 is 33.5 Å². The average Bonchev–Trinajstić information content (AvgIpc) is 3.16. The molecule has 6 rings (SSSR count). The van der Waals surface area contributed by atoms with Gasteiger partial charge in [0.2, 0.25) is 0 Å². The van der Waals surface area contributed by atoms with Crippen molar-refractivity contribution >= 4 is 13.2 Å². The van der Waals surface area contributed by atoms with Crippen LogP contribution in [0.1, 0.15) is 35.3 Å². The Morgan fingerprint density at radius 1 is 0.490 bits per heavy atom. The van der Waals surface area contributed by atoms with E-state index in [1.54, 1.807) is 42.7 Å². The lowest BCUT2D eigenvalue weighted by molar-refractivity contribution is 0.146. The highest BCUT2D eigenvalue weighted by Crippen LogP contribution is 2.69. The van der Waals surface area contributed by atoms with E-state index < -0.39 is 14.0 Å². The van der Waals surface area contributed by atoms with Crippen LogP contribution in [-0.2, 0) is 0 Å². The summed E-state index contributed by atoms with van der Waals surface area (Å²) < 4.78 is 35.6. The number of hydrogen-bond acceptors (Lipinski definition) is 7. The lowest BCUT2D eigenvalue weighted by Crippen LogP contribution is -2.28. The maximum absolute atomic E-state index is 11.6. The molecule has 254 valence electrons. The lowest BCUT2D eigenvalue weighted by Gasteiger charge is -2.43. The van der Waals surface area contributed by atoms with Crippen molar-refractivity contribution in [1.29, 1.82) is 0 Å². The maximum Gasteiger partial charge on any atom is 0.134 e. The van der Waals surface area contributed by atoms with E-state index >= 15 is 0 Å². The van der Waals surface area contributed by atoms with E-state index in [-0.39, 0.29) is 11.3 Å². The van der Waals surface area contributed by atoms with Gasteiger partial charge in [0.1, 0.15) is 34.5 Å². The number of rotatable bonds is 11. The number of benzene rings is 5. The largest absolute Gasteiger partial charge is 0.496 e. The first-order valence-corrected chi connectivity index (χ1v) is 17.7. The van der Waals surface area contributed by atoms with Crippen LogP contribution in [0.2, 0.25) is 0 Å². The maximum atomic E-state index is 11.6. The van der Waals surface area contributed by atoms with E-state index in [2.05, 4.69) is 66.7 Å². The summed E-state index contributed by atoms with van der Waals surface area (Å²) in [5.41, 5.74) is 6.01. The molecule has 5 aromatic carbocycles. The molecule has 1 aliphatic heterocycles. The minimum atomic E-state index is -1.10. The summed E-state index contributed by atoms with van der Waals surface area (Å²) in [7, 11) is 8.83. The van der Waals surface area contributed by atoms with Gasteiger partial charge in [-0.3, -0.25) is 0 Å². The monoisotopic (exact) mass is 678 g/mol. The first kappa shape index (κ1) is 34.2. The molecule has 2 unspecified atom stereocenters. The molecule has 0 aromatic heterocycles. The number of ether oxygens (including phenoxy) is 6. The second-order valence-electron chi connectivity index (χ2n) is 11.9. The topological polar surface area (TPSA) is 75.6 Å². The zero-order chi connectivity index (χ0) is 34.5. The highest BCUT2D eigenvalue weighted by atomic mass is 31.1. The molecule has 0 saturated carbocycles. The van der Waals surface area contributed by atoms with Crippen molar-refractivity contribution in [3.8, 4) is 56.8 Å². The SMILES string of the molecule is COc1cc(OC)c(-c2cccc(-c3c(OC)cc(OC)cc3OC)c2P2C(c3ccccc3)CC(O)CC2c2ccccc2)c(OC)c1. The smallest absolute Gasteiger partial charge is 0.134 e. The third kappa shape index (κ3) is 6.66. The quantitative estimate of drug-likeness (QED) is 0.140. The lowest BCUT2D eigenvalue weighted by atomic mass is 9.95. The fraction of sp³-hybridized carbons (Fsp3) is 0.268. The first-order valence-electron chi connectivity index (χ1n) is 16.3.